The largest absolute Gasteiger partial charge is 0.495 e. The number of halogens is 2. The number of hydrogen-bond acceptors (Lipinski definition) is 6. The summed E-state index contributed by atoms with van der Waals surface area (Å²) < 4.78 is 17.2. The van der Waals surface area contributed by atoms with Crippen LogP contribution in [0.5, 0.6) is 17.2 Å². The summed E-state index contributed by atoms with van der Waals surface area (Å²) in [4.78, 5) is 24.2. The number of carbonyl (C=O) groups excluding carboxylic acids is 2. The van der Waals surface area contributed by atoms with Crippen molar-refractivity contribution < 1.29 is 23.8 Å². The molecule has 0 aliphatic heterocycles. The normalized spacial score (nSPS) is 10.5. The lowest BCUT2D eigenvalue weighted by Crippen LogP contribution is -2.34. The third-order valence-electron chi connectivity index (χ3n) is 3.69. The minimum atomic E-state index is -0.483. The zero-order valence-corrected chi connectivity index (χ0v) is 19.1. The Kier molecular flexibility index (Phi) is 8.47. The van der Waals surface area contributed by atoms with Crippen LogP contribution in [-0.2, 0) is 4.79 Å². The number of rotatable bonds is 8. The van der Waals surface area contributed by atoms with Crippen LogP contribution in [-0.4, -0.2) is 45.9 Å². The second-order valence-electron chi connectivity index (χ2n) is 5.56. The Morgan fingerprint density at radius 3 is 2.41 bits per heavy atom. The first-order chi connectivity index (χ1) is 13.9. The summed E-state index contributed by atoms with van der Waals surface area (Å²) >= 11 is 6.77. The highest BCUT2D eigenvalue weighted by Gasteiger charge is 2.12. The van der Waals surface area contributed by atoms with E-state index in [1.54, 1.807) is 18.2 Å². The number of benzene rings is 2. The van der Waals surface area contributed by atoms with Crippen molar-refractivity contribution in [3.63, 3.8) is 0 Å². The second kappa shape index (κ2) is 10.8. The van der Waals surface area contributed by atoms with Gasteiger partial charge in [0.05, 0.1) is 38.6 Å². The summed E-state index contributed by atoms with van der Waals surface area (Å²) in [6.07, 6.45) is 1.45. The molecule has 0 saturated heterocycles. The maximum Gasteiger partial charge on any atom is 0.259 e. The molecule has 2 amide bonds. The summed E-state index contributed by atoms with van der Waals surface area (Å²) in [6, 6.07) is 8.34. The number of nitrogens with one attached hydrogen (secondary N) is 2. The summed E-state index contributed by atoms with van der Waals surface area (Å²) in [5.41, 5.74) is 3.35. The smallest absolute Gasteiger partial charge is 0.259 e. The van der Waals surface area contributed by atoms with E-state index in [0.717, 1.165) is 8.95 Å². The SMILES string of the molecule is COc1ccc(C(=O)NCC(=O)N/N=C\c2cc(Br)cc(Br)c2OC)cc1OC. The maximum atomic E-state index is 12.2. The molecule has 0 aliphatic carbocycles. The molecular weight excluding hydrogens is 510 g/mol. The summed E-state index contributed by atoms with van der Waals surface area (Å²) in [5.74, 6) is 0.591. The van der Waals surface area contributed by atoms with Crippen molar-refractivity contribution in [2.75, 3.05) is 27.9 Å². The van der Waals surface area contributed by atoms with Crippen LogP contribution in [0.1, 0.15) is 15.9 Å². The van der Waals surface area contributed by atoms with Gasteiger partial charge in [0.2, 0.25) is 0 Å². The van der Waals surface area contributed by atoms with Crippen molar-refractivity contribution in [1.29, 1.82) is 0 Å². The van der Waals surface area contributed by atoms with E-state index in [0.29, 0.717) is 28.4 Å². The van der Waals surface area contributed by atoms with Crippen molar-refractivity contribution in [3.8, 4) is 17.2 Å². The Hall–Kier alpha value is -2.59. The Bertz CT molecular complexity index is 934. The molecule has 0 bridgehead atoms. The first-order valence-electron chi connectivity index (χ1n) is 8.24. The molecule has 2 rings (SSSR count). The highest BCUT2D eigenvalue weighted by Crippen LogP contribution is 2.31. The zero-order valence-electron chi connectivity index (χ0n) is 15.9. The molecule has 10 heteroatoms. The highest BCUT2D eigenvalue weighted by molar-refractivity contribution is 9.11. The molecule has 0 aliphatic rings. The maximum absolute atomic E-state index is 12.2. The molecule has 2 N–H and O–H groups in total. The van der Waals surface area contributed by atoms with Crippen molar-refractivity contribution >= 4 is 49.9 Å². The molecule has 2 aromatic rings. The van der Waals surface area contributed by atoms with E-state index in [1.807, 2.05) is 6.07 Å². The van der Waals surface area contributed by atoms with E-state index < -0.39 is 11.8 Å². The first kappa shape index (κ1) is 22.7. The monoisotopic (exact) mass is 527 g/mol. The number of hydrazone groups is 1. The predicted molar refractivity (Wildman–Crippen MR) is 116 cm³/mol. The third-order valence-corrected chi connectivity index (χ3v) is 4.74. The van der Waals surface area contributed by atoms with Crippen molar-refractivity contribution in [2.24, 2.45) is 5.10 Å². The Balaban J connectivity index is 1.94. The van der Waals surface area contributed by atoms with Gasteiger partial charge >= 0.3 is 0 Å². The quantitative estimate of drug-likeness (QED) is 0.405. The van der Waals surface area contributed by atoms with Gasteiger partial charge in [0.15, 0.2) is 11.5 Å². The number of amides is 2. The van der Waals surface area contributed by atoms with Crippen molar-refractivity contribution in [3.05, 3.63) is 50.4 Å². The lowest BCUT2D eigenvalue weighted by Gasteiger charge is -2.10. The number of methoxy groups -OCH3 is 3. The molecule has 2 aromatic carbocycles. The Labute approximate surface area is 184 Å². The zero-order chi connectivity index (χ0) is 21.4. The van der Waals surface area contributed by atoms with Gasteiger partial charge in [-0.1, -0.05) is 15.9 Å². The Morgan fingerprint density at radius 1 is 1.03 bits per heavy atom. The van der Waals surface area contributed by atoms with Gasteiger partial charge in [-0.25, -0.2) is 5.43 Å². The van der Waals surface area contributed by atoms with Gasteiger partial charge in [0.1, 0.15) is 5.75 Å². The molecule has 8 nitrogen and oxygen atoms in total. The average Bonchev–Trinajstić information content (AvgIpc) is 2.71. The third kappa shape index (κ3) is 6.20. The molecule has 0 saturated carbocycles. The van der Waals surface area contributed by atoms with Gasteiger partial charge in [0, 0.05) is 15.6 Å². The standard InChI is InChI=1S/C19H19Br2N3O5/c1-27-15-5-4-11(7-16(15)28-2)19(26)22-10-17(25)24-23-9-12-6-13(20)8-14(21)18(12)29-3/h4-9H,10H2,1-3H3,(H,22,26)(H,24,25)/b23-9-. The fourth-order valence-corrected chi connectivity index (χ4v) is 3.77. The van der Waals surface area contributed by atoms with Crippen LogP contribution in [0.25, 0.3) is 0 Å². The molecule has 0 aromatic heterocycles. The van der Waals surface area contributed by atoms with Crippen LogP contribution in [0.4, 0.5) is 0 Å². The lowest BCUT2D eigenvalue weighted by molar-refractivity contribution is -0.120. The molecule has 0 heterocycles. The number of hydrogen-bond donors (Lipinski definition) is 2. The lowest BCUT2D eigenvalue weighted by atomic mass is 10.2. The second-order valence-corrected chi connectivity index (χ2v) is 7.33. The van der Waals surface area contributed by atoms with Gasteiger partial charge in [-0.2, -0.15) is 5.10 Å². The Morgan fingerprint density at radius 2 is 1.76 bits per heavy atom. The van der Waals surface area contributed by atoms with E-state index in [1.165, 1.54) is 33.6 Å². The topological polar surface area (TPSA) is 98.2 Å². The van der Waals surface area contributed by atoms with E-state index in [-0.39, 0.29) is 6.54 Å². The van der Waals surface area contributed by atoms with Crippen molar-refractivity contribution in [1.82, 2.24) is 10.7 Å². The number of ether oxygens (including phenoxy) is 3. The van der Waals surface area contributed by atoms with Crippen LogP contribution in [0.3, 0.4) is 0 Å². The average molecular weight is 529 g/mol. The van der Waals surface area contributed by atoms with Gasteiger partial charge < -0.3 is 19.5 Å². The van der Waals surface area contributed by atoms with E-state index in [2.05, 4.69) is 47.7 Å². The minimum absolute atomic E-state index is 0.246. The van der Waals surface area contributed by atoms with Crippen LogP contribution in [0, 0.1) is 0 Å². The first-order valence-corrected chi connectivity index (χ1v) is 9.83. The van der Waals surface area contributed by atoms with Gasteiger partial charge in [0.25, 0.3) is 11.8 Å². The molecule has 0 unspecified atom stereocenters. The van der Waals surface area contributed by atoms with Gasteiger partial charge in [-0.15, -0.1) is 0 Å². The van der Waals surface area contributed by atoms with Crippen LogP contribution in [0.2, 0.25) is 0 Å². The molecule has 0 spiro atoms. The molecule has 0 atom stereocenters. The van der Waals surface area contributed by atoms with Crippen LogP contribution < -0.4 is 25.0 Å². The molecular formula is C19H19Br2N3O5. The van der Waals surface area contributed by atoms with E-state index >= 15 is 0 Å². The summed E-state index contributed by atoms with van der Waals surface area (Å²) in [5, 5.41) is 6.42. The van der Waals surface area contributed by atoms with Gasteiger partial charge in [-0.05, 0) is 46.3 Å². The molecule has 29 heavy (non-hydrogen) atoms. The van der Waals surface area contributed by atoms with E-state index in [9.17, 15) is 9.59 Å². The molecule has 0 radical (unpaired) electrons. The minimum Gasteiger partial charge on any atom is -0.495 e. The van der Waals surface area contributed by atoms with Gasteiger partial charge in [-0.3, -0.25) is 9.59 Å². The summed E-state index contributed by atoms with van der Waals surface area (Å²) in [6.45, 7) is -0.246. The van der Waals surface area contributed by atoms with Crippen LogP contribution in [0.15, 0.2) is 44.4 Å². The molecule has 0 fully saturated rings. The fourth-order valence-electron chi connectivity index (χ4n) is 2.34. The molecule has 154 valence electrons. The van der Waals surface area contributed by atoms with E-state index in [4.69, 9.17) is 14.2 Å². The fraction of sp³-hybridized carbons (Fsp3) is 0.211. The number of carbonyl (C=O) groups is 2. The van der Waals surface area contributed by atoms with Crippen LogP contribution >= 0.6 is 31.9 Å². The highest BCUT2D eigenvalue weighted by atomic mass is 79.9. The summed E-state index contributed by atoms with van der Waals surface area (Å²) in [7, 11) is 4.52. The number of nitrogens with zero attached hydrogens (tertiary/aromatic N) is 1. The van der Waals surface area contributed by atoms with Crippen molar-refractivity contribution in [2.45, 2.75) is 0 Å². The predicted octanol–water partition coefficient (Wildman–Crippen LogP) is 3.12.